The van der Waals surface area contributed by atoms with Crippen LogP contribution < -0.4 is 0 Å². The Balaban J connectivity index is 2.31. The molecule has 0 aromatic rings. The molecular weight excluding hydrogens is 240 g/mol. The number of hydrogen-bond donors (Lipinski definition) is 0. The van der Waals surface area contributed by atoms with Gasteiger partial charge in [-0.3, -0.25) is 0 Å². The highest BCUT2D eigenvalue weighted by molar-refractivity contribution is 5.76. The van der Waals surface area contributed by atoms with Crippen molar-refractivity contribution in [1.29, 1.82) is 0 Å². The number of esters is 1. The summed E-state index contributed by atoms with van der Waals surface area (Å²) in [6, 6.07) is 0. The summed E-state index contributed by atoms with van der Waals surface area (Å²) < 4.78 is 11.3. The van der Waals surface area contributed by atoms with Crippen molar-refractivity contribution in [1.82, 2.24) is 0 Å². The summed E-state index contributed by atoms with van der Waals surface area (Å²) >= 11 is 0. The second-order valence-electron chi connectivity index (χ2n) is 6.78. The molecule has 0 spiro atoms. The normalized spacial score (nSPS) is 27.6. The van der Waals surface area contributed by atoms with Gasteiger partial charge >= 0.3 is 5.97 Å². The first kappa shape index (κ1) is 16.5. The minimum atomic E-state index is -0.781. The van der Waals surface area contributed by atoms with Crippen LogP contribution in [0.4, 0.5) is 0 Å². The Bertz CT molecular complexity index is 293. The van der Waals surface area contributed by atoms with Gasteiger partial charge in [0.05, 0.1) is 0 Å². The molecule has 0 aromatic heterocycles. The Morgan fingerprint density at radius 2 is 1.68 bits per heavy atom. The predicted molar refractivity (Wildman–Crippen MR) is 76.8 cm³/mol. The van der Waals surface area contributed by atoms with Crippen LogP contribution >= 0.6 is 0 Å². The quantitative estimate of drug-likeness (QED) is 0.507. The molecule has 3 nitrogen and oxygen atoms in total. The molecule has 0 saturated carbocycles. The van der Waals surface area contributed by atoms with Gasteiger partial charge in [0.1, 0.15) is 0 Å². The lowest BCUT2D eigenvalue weighted by atomic mass is 9.87. The van der Waals surface area contributed by atoms with Gasteiger partial charge in [-0.2, -0.15) is 0 Å². The van der Waals surface area contributed by atoms with Gasteiger partial charge in [-0.15, -0.1) is 0 Å². The fourth-order valence-electron chi connectivity index (χ4n) is 2.22. The fraction of sp³-hybridized carbons (Fsp3) is 0.938. The zero-order valence-electron chi connectivity index (χ0n) is 13.3. The molecule has 1 aliphatic heterocycles. The van der Waals surface area contributed by atoms with E-state index in [4.69, 9.17) is 9.47 Å². The zero-order chi connectivity index (χ0) is 14.5. The molecule has 112 valence electrons. The van der Waals surface area contributed by atoms with E-state index in [-0.39, 0.29) is 17.5 Å². The fourth-order valence-corrected chi connectivity index (χ4v) is 2.22. The molecule has 1 saturated heterocycles. The van der Waals surface area contributed by atoms with Crippen molar-refractivity contribution in [3.05, 3.63) is 0 Å². The molecule has 0 N–H and O–H groups in total. The van der Waals surface area contributed by atoms with Crippen LogP contribution in [-0.4, -0.2) is 17.9 Å². The maximum atomic E-state index is 11.9. The van der Waals surface area contributed by atoms with Crippen LogP contribution in [-0.2, 0) is 14.3 Å². The molecule has 1 fully saturated rings. The van der Waals surface area contributed by atoms with E-state index < -0.39 is 5.79 Å². The third-order valence-corrected chi connectivity index (χ3v) is 4.11. The monoisotopic (exact) mass is 270 g/mol. The molecule has 0 amide bonds. The van der Waals surface area contributed by atoms with Gasteiger partial charge in [0, 0.05) is 12.3 Å². The Hall–Kier alpha value is -0.570. The van der Waals surface area contributed by atoms with Crippen molar-refractivity contribution < 1.29 is 14.3 Å². The maximum Gasteiger partial charge on any atom is 0.337 e. The highest BCUT2D eigenvalue weighted by Gasteiger charge is 2.51. The van der Waals surface area contributed by atoms with Gasteiger partial charge in [-0.1, -0.05) is 66.2 Å². The summed E-state index contributed by atoms with van der Waals surface area (Å²) in [5.41, 5.74) is -0.196. The second-order valence-corrected chi connectivity index (χ2v) is 6.78. The Morgan fingerprint density at radius 3 is 2.21 bits per heavy atom. The third kappa shape index (κ3) is 4.48. The van der Waals surface area contributed by atoms with E-state index in [0.717, 1.165) is 12.8 Å². The number of carbonyl (C=O) groups is 1. The van der Waals surface area contributed by atoms with Crippen LogP contribution in [0.25, 0.3) is 0 Å². The third-order valence-electron chi connectivity index (χ3n) is 4.11. The van der Waals surface area contributed by atoms with Gasteiger partial charge in [0.25, 0.3) is 0 Å². The molecule has 2 atom stereocenters. The van der Waals surface area contributed by atoms with E-state index in [1.54, 1.807) is 0 Å². The number of cyclic esters (lactones) is 1. The number of unbranched alkanes of at least 4 members (excludes halogenated alkanes) is 5. The molecule has 0 radical (unpaired) electrons. The van der Waals surface area contributed by atoms with E-state index in [2.05, 4.69) is 6.92 Å². The molecule has 0 aliphatic carbocycles. The van der Waals surface area contributed by atoms with Crippen molar-refractivity contribution in [3.63, 3.8) is 0 Å². The van der Waals surface area contributed by atoms with E-state index in [9.17, 15) is 4.79 Å². The minimum Gasteiger partial charge on any atom is -0.431 e. The van der Waals surface area contributed by atoms with Crippen molar-refractivity contribution in [2.24, 2.45) is 5.41 Å². The topological polar surface area (TPSA) is 35.5 Å². The first-order chi connectivity index (χ1) is 8.80. The molecule has 1 rings (SSSR count). The highest BCUT2D eigenvalue weighted by Crippen LogP contribution is 2.40. The molecule has 19 heavy (non-hydrogen) atoms. The number of rotatable bonds is 7. The highest BCUT2D eigenvalue weighted by atomic mass is 16.8. The van der Waals surface area contributed by atoms with Crippen molar-refractivity contribution in [2.45, 2.75) is 91.5 Å². The van der Waals surface area contributed by atoms with Crippen molar-refractivity contribution >= 4 is 5.97 Å². The lowest BCUT2D eigenvalue weighted by molar-refractivity contribution is -0.218. The first-order valence-corrected chi connectivity index (χ1v) is 7.71. The van der Waals surface area contributed by atoms with Gasteiger partial charge in [-0.25, -0.2) is 4.79 Å². The van der Waals surface area contributed by atoms with Gasteiger partial charge in [-0.05, 0) is 6.42 Å². The van der Waals surface area contributed by atoms with Crippen molar-refractivity contribution in [3.8, 4) is 0 Å². The van der Waals surface area contributed by atoms with Crippen LogP contribution in [0.1, 0.15) is 79.6 Å². The minimum absolute atomic E-state index is 0.189. The Kier molecular flexibility index (Phi) is 5.84. The summed E-state index contributed by atoms with van der Waals surface area (Å²) in [5.74, 6) is -0.970. The van der Waals surface area contributed by atoms with Gasteiger partial charge in [0.15, 0.2) is 6.10 Å². The summed E-state index contributed by atoms with van der Waals surface area (Å²) in [6.07, 6.45) is 7.78. The zero-order valence-corrected chi connectivity index (χ0v) is 13.3. The van der Waals surface area contributed by atoms with E-state index in [1.165, 1.54) is 32.1 Å². The molecular formula is C16H30O3. The second kappa shape index (κ2) is 6.74. The van der Waals surface area contributed by atoms with E-state index in [0.29, 0.717) is 0 Å². The predicted octanol–water partition coefficient (Wildman–Crippen LogP) is 4.44. The molecule has 0 bridgehead atoms. The van der Waals surface area contributed by atoms with Crippen LogP contribution in [0, 0.1) is 5.41 Å². The summed E-state index contributed by atoms with van der Waals surface area (Å²) in [5, 5.41) is 0. The molecule has 1 heterocycles. The summed E-state index contributed by atoms with van der Waals surface area (Å²) in [6.45, 7) is 10.2. The van der Waals surface area contributed by atoms with Crippen LogP contribution in [0.3, 0.4) is 0 Å². The number of carbonyl (C=O) groups excluding carboxylic acids is 1. The first-order valence-electron chi connectivity index (χ1n) is 7.71. The van der Waals surface area contributed by atoms with E-state index >= 15 is 0 Å². The lowest BCUT2D eigenvalue weighted by Crippen LogP contribution is -2.41. The summed E-state index contributed by atoms with van der Waals surface area (Å²) in [7, 11) is 0. The largest absolute Gasteiger partial charge is 0.431 e. The molecule has 0 aromatic carbocycles. The smallest absolute Gasteiger partial charge is 0.337 e. The van der Waals surface area contributed by atoms with Crippen LogP contribution in [0.2, 0.25) is 0 Å². The average molecular weight is 270 g/mol. The van der Waals surface area contributed by atoms with Gasteiger partial charge < -0.3 is 9.47 Å². The Labute approximate surface area is 118 Å². The number of ether oxygens (including phenoxy) is 2. The lowest BCUT2D eigenvalue weighted by Gasteiger charge is -2.35. The Morgan fingerprint density at radius 1 is 1.11 bits per heavy atom. The molecule has 3 heteroatoms. The van der Waals surface area contributed by atoms with Crippen molar-refractivity contribution in [2.75, 3.05) is 0 Å². The van der Waals surface area contributed by atoms with Crippen LogP contribution in [0.15, 0.2) is 0 Å². The summed E-state index contributed by atoms with van der Waals surface area (Å²) in [4.78, 5) is 11.9. The van der Waals surface area contributed by atoms with Gasteiger partial charge in [0.2, 0.25) is 5.79 Å². The molecule has 1 aliphatic rings. The SMILES string of the molecule is CCCCCCCC[C@@H]1O[C@@](C)(C(C)(C)C)OC1=O. The van der Waals surface area contributed by atoms with E-state index in [1.807, 2.05) is 27.7 Å². The molecule has 0 unspecified atom stereocenters. The number of hydrogen-bond acceptors (Lipinski definition) is 3. The van der Waals surface area contributed by atoms with Crippen LogP contribution in [0.5, 0.6) is 0 Å². The average Bonchev–Trinajstić information content (AvgIpc) is 2.59. The maximum absolute atomic E-state index is 11.9. The standard InChI is InChI=1S/C16H30O3/c1-6-7-8-9-10-11-12-13-14(17)19-16(5,18-13)15(2,3)4/h13H,6-12H2,1-5H3/t13-,16+/m0/s1.